The van der Waals surface area contributed by atoms with E-state index in [4.69, 9.17) is 29.9 Å². The molecule has 4 aromatic heterocycles. The lowest BCUT2D eigenvalue weighted by atomic mass is 9.92. The van der Waals surface area contributed by atoms with Crippen molar-refractivity contribution in [3.63, 3.8) is 0 Å². The predicted molar refractivity (Wildman–Crippen MR) is 386 cm³/mol. The van der Waals surface area contributed by atoms with Gasteiger partial charge in [-0.15, -0.1) is 0 Å². The molecule has 0 N–H and O–H groups in total. The molecule has 17 rings (SSSR count). The van der Waals surface area contributed by atoms with Crippen molar-refractivity contribution < 1.29 is 0 Å². The maximum absolute atomic E-state index is 5.43. The van der Waals surface area contributed by atoms with Gasteiger partial charge >= 0.3 is 0 Å². The summed E-state index contributed by atoms with van der Waals surface area (Å²) in [6.07, 6.45) is 0. The van der Waals surface area contributed by atoms with E-state index in [0.717, 1.165) is 89.1 Å². The molecule has 8 heteroatoms. The zero-order valence-electron chi connectivity index (χ0n) is 51.6. The fourth-order valence-corrected chi connectivity index (χ4v) is 13.3. The van der Waals surface area contributed by atoms with E-state index in [2.05, 4.69) is 266 Å². The minimum atomic E-state index is 0.548. The third-order valence-electron chi connectivity index (χ3n) is 18.0. The molecular weight excluding hydrogens is 1150 g/mol. The van der Waals surface area contributed by atoms with Crippen molar-refractivity contribution in [3.8, 4) is 124 Å². The summed E-state index contributed by atoms with van der Waals surface area (Å²) in [4.78, 5) is 32.1. The van der Waals surface area contributed by atoms with E-state index in [9.17, 15) is 0 Å². The Morgan fingerprint density at radius 2 is 0.500 bits per heavy atom. The molecule has 13 aromatic carbocycles. The molecule has 0 aliphatic heterocycles. The third kappa shape index (κ3) is 10.2. The Balaban J connectivity index is 0.887. The summed E-state index contributed by atoms with van der Waals surface area (Å²) >= 11 is 0. The van der Waals surface area contributed by atoms with E-state index >= 15 is 0 Å². The molecule has 0 amide bonds. The van der Waals surface area contributed by atoms with Gasteiger partial charge in [0.05, 0.1) is 22.1 Å². The van der Waals surface area contributed by atoms with Gasteiger partial charge in [0.1, 0.15) is 0 Å². The van der Waals surface area contributed by atoms with Crippen LogP contribution in [0.1, 0.15) is 11.1 Å². The van der Waals surface area contributed by atoms with Crippen LogP contribution in [0, 0.1) is 13.8 Å². The highest BCUT2D eigenvalue weighted by atomic mass is 15.1. The molecule has 8 nitrogen and oxygen atoms in total. The molecule has 0 saturated heterocycles. The summed E-state index contributed by atoms with van der Waals surface area (Å²) in [7, 11) is 0. The monoisotopic (exact) mass is 1200 g/mol. The molecule has 0 unspecified atom stereocenters. The lowest BCUT2D eigenvalue weighted by molar-refractivity contribution is 1.07. The van der Waals surface area contributed by atoms with Crippen molar-refractivity contribution in [1.29, 1.82) is 0 Å². The number of aromatic nitrogens is 8. The van der Waals surface area contributed by atoms with E-state index in [1.54, 1.807) is 0 Å². The first-order valence-electron chi connectivity index (χ1n) is 31.7. The van der Waals surface area contributed by atoms with Crippen LogP contribution in [0.25, 0.3) is 168 Å². The van der Waals surface area contributed by atoms with Gasteiger partial charge in [-0.1, -0.05) is 260 Å². The van der Waals surface area contributed by atoms with E-state index < -0.39 is 0 Å². The number of hydrogen-bond donors (Lipinski definition) is 0. The quantitative estimate of drug-likeness (QED) is 0.121. The van der Waals surface area contributed by atoms with Gasteiger partial charge in [0.15, 0.2) is 34.9 Å². The lowest BCUT2D eigenvalue weighted by Crippen LogP contribution is -2.03. The van der Waals surface area contributed by atoms with Gasteiger partial charge in [-0.3, -0.25) is 0 Å². The smallest absolute Gasteiger partial charge is 0.164 e. The van der Waals surface area contributed by atoms with Gasteiger partial charge in [-0.05, 0) is 125 Å². The zero-order chi connectivity index (χ0) is 62.6. The molecule has 0 radical (unpaired) electrons. The Morgan fingerprint density at radius 1 is 0.191 bits per heavy atom. The number of benzene rings is 13. The van der Waals surface area contributed by atoms with Crippen molar-refractivity contribution in [2.24, 2.45) is 0 Å². The van der Waals surface area contributed by atoms with Crippen molar-refractivity contribution >= 4 is 43.6 Å². The van der Waals surface area contributed by atoms with Gasteiger partial charge < -0.3 is 9.13 Å². The number of aryl methyl sites for hydroxylation is 2. The third-order valence-corrected chi connectivity index (χ3v) is 18.0. The van der Waals surface area contributed by atoms with Crippen LogP contribution in [-0.2, 0) is 0 Å². The van der Waals surface area contributed by atoms with Gasteiger partial charge in [-0.2, -0.15) is 0 Å². The number of nitrogens with zero attached hydrogens (tertiary/aromatic N) is 8. The minimum Gasteiger partial charge on any atom is -0.309 e. The first kappa shape index (κ1) is 55.5. The molecule has 94 heavy (non-hydrogen) atoms. The van der Waals surface area contributed by atoms with Gasteiger partial charge in [0.2, 0.25) is 0 Å². The Hall–Kier alpha value is -12.5. The average molecular weight is 1200 g/mol. The second-order valence-corrected chi connectivity index (χ2v) is 24.0. The van der Waals surface area contributed by atoms with Crippen LogP contribution >= 0.6 is 0 Å². The molecule has 442 valence electrons. The SMILES string of the molecule is Cc1ccc(-c2ccc3c(c2)c2ccccc2n3-c2ccc(-c3cccc(-c4ccc(-n5c6ccccc6c6cc(-c7ccc(C)cc7)ccc65)cc4-c4nc(-c5ccccc5)nc(-c5ccccc5)n4)c3)c(-c3nc(-c4ccccc4)nc(-c4ccccc4)n3)c2)cc1. The maximum Gasteiger partial charge on any atom is 0.164 e. The molecule has 17 aromatic rings. The summed E-state index contributed by atoms with van der Waals surface area (Å²) in [6, 6.07) is 112. The van der Waals surface area contributed by atoms with Crippen LogP contribution < -0.4 is 0 Å². The van der Waals surface area contributed by atoms with Crippen LogP contribution in [0.3, 0.4) is 0 Å². The highest BCUT2D eigenvalue weighted by molar-refractivity contribution is 6.12. The Morgan fingerprint density at radius 3 is 0.872 bits per heavy atom. The van der Waals surface area contributed by atoms with Crippen LogP contribution in [0.4, 0.5) is 0 Å². The summed E-state index contributed by atoms with van der Waals surface area (Å²) in [6.45, 7) is 4.26. The van der Waals surface area contributed by atoms with Crippen LogP contribution in [0.2, 0.25) is 0 Å². The van der Waals surface area contributed by atoms with Gasteiger partial charge in [0.25, 0.3) is 0 Å². The molecular formula is C86H58N8. The van der Waals surface area contributed by atoms with E-state index in [1.807, 2.05) is 72.8 Å². The van der Waals surface area contributed by atoms with Gasteiger partial charge in [-0.25, -0.2) is 29.9 Å². The lowest BCUT2D eigenvalue weighted by Gasteiger charge is -2.17. The fourth-order valence-electron chi connectivity index (χ4n) is 13.3. The first-order valence-corrected chi connectivity index (χ1v) is 31.7. The van der Waals surface area contributed by atoms with Gasteiger partial charge in [0, 0.05) is 66.3 Å². The standard InChI is InChI=1S/C86H58N8/c1-55-34-38-57(39-35-55)63-42-48-79-73(51-63)71-30-15-17-32-77(71)93(79)67-44-46-69(75(53-67)85-89-81(59-20-7-3-8-21-59)87-82(90-85)60-22-9-4-10-23-60)65-28-19-29-66(50-65)70-47-45-68(54-76(70)86-91-83(61-24-11-5-12-25-61)88-84(92-86)62-26-13-6-14-27-62)94-78-33-18-16-31-72(78)74-52-64(43-49-80(74)94)58-40-36-56(2)37-41-58/h3-54H,1-2H3. The number of fused-ring (bicyclic) bond motifs is 6. The fraction of sp³-hybridized carbons (Fsp3) is 0.0233. The van der Waals surface area contributed by atoms with E-state index in [0.29, 0.717) is 34.9 Å². The molecule has 0 aliphatic rings. The molecule has 4 heterocycles. The van der Waals surface area contributed by atoms with Crippen molar-refractivity contribution in [2.75, 3.05) is 0 Å². The Labute approximate surface area is 544 Å². The molecule has 0 spiro atoms. The summed E-state index contributed by atoms with van der Waals surface area (Å²) in [5.74, 6) is 3.42. The Bertz CT molecular complexity index is 5260. The molecule has 0 saturated carbocycles. The largest absolute Gasteiger partial charge is 0.309 e. The summed E-state index contributed by atoms with van der Waals surface area (Å²) < 4.78 is 4.75. The average Bonchev–Trinajstić information content (AvgIpc) is 1.55. The first-order chi connectivity index (χ1) is 46.4. The Kier molecular flexibility index (Phi) is 13.8. The van der Waals surface area contributed by atoms with Crippen molar-refractivity contribution in [1.82, 2.24) is 39.0 Å². The topological polar surface area (TPSA) is 87.2 Å². The van der Waals surface area contributed by atoms with E-state index in [1.165, 1.54) is 54.9 Å². The maximum atomic E-state index is 5.43. The molecule has 0 fully saturated rings. The van der Waals surface area contributed by atoms with Crippen LogP contribution in [-0.4, -0.2) is 39.0 Å². The molecule has 0 aliphatic carbocycles. The predicted octanol–water partition coefficient (Wildman–Crippen LogP) is 21.5. The number of para-hydroxylation sites is 2. The normalized spacial score (nSPS) is 11.5. The van der Waals surface area contributed by atoms with Crippen LogP contribution in [0.15, 0.2) is 315 Å². The van der Waals surface area contributed by atoms with E-state index in [-0.39, 0.29) is 0 Å². The second kappa shape index (κ2) is 23.4. The number of rotatable bonds is 12. The molecule has 0 bridgehead atoms. The zero-order valence-corrected chi connectivity index (χ0v) is 51.6. The van der Waals surface area contributed by atoms with Crippen molar-refractivity contribution in [2.45, 2.75) is 13.8 Å². The summed E-state index contributed by atoms with van der Waals surface area (Å²) in [5.41, 5.74) is 22.6. The summed E-state index contributed by atoms with van der Waals surface area (Å²) in [5, 5.41) is 4.67. The van der Waals surface area contributed by atoms with Crippen LogP contribution in [0.5, 0.6) is 0 Å². The minimum absolute atomic E-state index is 0.548. The highest BCUT2D eigenvalue weighted by Gasteiger charge is 2.24. The molecule has 0 atom stereocenters. The number of hydrogen-bond acceptors (Lipinski definition) is 6. The van der Waals surface area contributed by atoms with Crippen molar-refractivity contribution in [3.05, 3.63) is 327 Å². The highest BCUT2D eigenvalue weighted by Crippen LogP contribution is 2.43. The second-order valence-electron chi connectivity index (χ2n) is 24.0.